The Morgan fingerprint density at radius 3 is 2.57 bits per heavy atom. The first kappa shape index (κ1) is 30.0. The van der Waals surface area contributed by atoms with E-state index in [1.807, 2.05) is 0 Å². The van der Waals surface area contributed by atoms with Crippen LogP contribution in [0.15, 0.2) is 39.9 Å². The molecule has 0 spiro atoms. The van der Waals surface area contributed by atoms with Crippen molar-refractivity contribution < 1.29 is 35.9 Å². The van der Waals surface area contributed by atoms with E-state index in [1.54, 1.807) is 30.7 Å². The number of nitrogens with one attached hydrogen (secondary N) is 1. The van der Waals surface area contributed by atoms with Crippen LogP contribution >= 0.6 is 11.3 Å². The summed E-state index contributed by atoms with van der Waals surface area (Å²) in [5.74, 6) is -0.292. The molecule has 10 nitrogen and oxygen atoms in total. The molecule has 4 aromatic rings. The number of hydrogen-bond acceptors (Lipinski definition) is 9. The molecule has 1 aliphatic carbocycles. The number of hydrogen-bond donors (Lipinski definition) is 2. The number of pyridine rings is 1. The molecule has 2 N–H and O–H groups in total. The second-order valence-electron chi connectivity index (χ2n) is 11.1. The largest absolute Gasteiger partial charge is 0.481 e. The van der Waals surface area contributed by atoms with Crippen LogP contribution in [-0.4, -0.2) is 51.9 Å². The first-order valence-electron chi connectivity index (χ1n) is 13.2. The minimum Gasteiger partial charge on any atom is -0.481 e. The van der Waals surface area contributed by atoms with Crippen LogP contribution in [0.5, 0.6) is 0 Å². The van der Waals surface area contributed by atoms with Gasteiger partial charge in [-0.3, -0.25) is 9.78 Å². The van der Waals surface area contributed by atoms with Gasteiger partial charge in [-0.2, -0.15) is 17.9 Å². The number of rotatable bonds is 10. The Hall–Kier alpha value is -3.43. The smallest absolute Gasteiger partial charge is 0.404 e. The van der Waals surface area contributed by atoms with Gasteiger partial charge >= 0.3 is 12.1 Å². The number of aromatic nitrogens is 4. The molecule has 42 heavy (non-hydrogen) atoms. The van der Waals surface area contributed by atoms with Crippen molar-refractivity contribution in [3.8, 4) is 21.3 Å². The zero-order valence-corrected chi connectivity index (χ0v) is 24.5. The number of sulfonamides is 1. The highest BCUT2D eigenvalue weighted by atomic mass is 32.2. The van der Waals surface area contributed by atoms with E-state index in [0.717, 1.165) is 36.8 Å². The van der Waals surface area contributed by atoms with Crippen molar-refractivity contribution in [2.75, 3.05) is 0 Å². The molecule has 3 aromatic heterocycles. The fourth-order valence-electron chi connectivity index (χ4n) is 4.59. The molecule has 0 amide bonds. The maximum Gasteiger partial charge on any atom is 0.404 e. The third kappa shape index (κ3) is 6.03. The highest BCUT2D eigenvalue weighted by molar-refractivity contribution is 7.89. The minimum atomic E-state index is -4.76. The first-order chi connectivity index (χ1) is 19.7. The molecular formula is C27H28F3N5O5S2. The van der Waals surface area contributed by atoms with Crippen molar-refractivity contribution in [1.29, 1.82) is 0 Å². The van der Waals surface area contributed by atoms with Crippen molar-refractivity contribution in [3.05, 3.63) is 42.2 Å². The highest BCUT2D eigenvalue weighted by Crippen LogP contribution is 2.42. The standard InChI is InChI=1S/C27H28F3N5O5S2/c1-14(27(28,29)30)35-42(38,39)20-8-7-17(16-9-10-31-13-18(16)20)22-19(11-15-5-4-6-15)32-24(41-22)23-34-33-21(40-23)12-26(2,3)25(36)37/h7-10,13-15,35H,4-6,11-12H2,1-3H3,(H,36,37). The average Bonchev–Trinajstić information content (AvgIpc) is 3.51. The Labute approximate surface area is 243 Å². The van der Waals surface area contributed by atoms with Gasteiger partial charge in [0, 0.05) is 29.8 Å². The molecule has 1 fully saturated rings. The van der Waals surface area contributed by atoms with E-state index in [1.165, 1.54) is 29.8 Å². The molecule has 0 saturated heterocycles. The van der Waals surface area contributed by atoms with Gasteiger partial charge in [-0.05, 0) is 50.6 Å². The van der Waals surface area contributed by atoms with Crippen LogP contribution in [0.25, 0.3) is 32.1 Å². The second-order valence-corrected chi connectivity index (χ2v) is 13.8. The third-order valence-corrected chi connectivity index (χ3v) is 10.1. The normalized spacial score (nSPS) is 15.6. The van der Waals surface area contributed by atoms with E-state index in [-0.39, 0.29) is 28.5 Å². The summed E-state index contributed by atoms with van der Waals surface area (Å²) in [6.07, 6.45) is 1.94. The second kappa shape index (κ2) is 11.0. The summed E-state index contributed by atoms with van der Waals surface area (Å²) in [5, 5.41) is 18.6. The average molecular weight is 624 g/mol. The third-order valence-electron chi connectivity index (χ3n) is 7.36. The summed E-state index contributed by atoms with van der Waals surface area (Å²) in [4.78, 5) is 20.8. The molecule has 1 aromatic carbocycles. The van der Waals surface area contributed by atoms with E-state index in [0.29, 0.717) is 28.3 Å². The van der Waals surface area contributed by atoms with Crippen LogP contribution in [0.4, 0.5) is 13.2 Å². The molecule has 0 bridgehead atoms. The van der Waals surface area contributed by atoms with E-state index in [9.17, 15) is 31.5 Å². The summed E-state index contributed by atoms with van der Waals surface area (Å²) >= 11 is 1.26. The lowest BCUT2D eigenvalue weighted by molar-refractivity contribution is -0.147. The van der Waals surface area contributed by atoms with Gasteiger partial charge in [0.1, 0.15) is 6.04 Å². The van der Waals surface area contributed by atoms with Gasteiger partial charge in [-0.15, -0.1) is 21.5 Å². The Morgan fingerprint density at radius 1 is 1.19 bits per heavy atom. The molecule has 1 saturated carbocycles. The number of benzene rings is 1. The molecule has 3 heterocycles. The number of carboxylic acid groups (broad SMARTS) is 1. The van der Waals surface area contributed by atoms with E-state index >= 15 is 0 Å². The highest BCUT2D eigenvalue weighted by Gasteiger charge is 2.39. The van der Waals surface area contributed by atoms with Crippen molar-refractivity contribution in [2.24, 2.45) is 11.3 Å². The fraction of sp³-hybridized carbons (Fsp3) is 0.444. The van der Waals surface area contributed by atoms with Crippen LogP contribution in [-0.2, 0) is 27.7 Å². The number of alkyl halides is 3. The lowest BCUT2D eigenvalue weighted by atomic mass is 9.81. The van der Waals surface area contributed by atoms with Gasteiger partial charge in [0.2, 0.25) is 15.9 Å². The number of thiazole rings is 1. The fourth-order valence-corrected chi connectivity index (χ4v) is 7.07. The predicted octanol–water partition coefficient (Wildman–Crippen LogP) is 5.63. The summed E-state index contributed by atoms with van der Waals surface area (Å²) in [7, 11) is -4.55. The summed E-state index contributed by atoms with van der Waals surface area (Å²) < 4.78 is 73.0. The molecule has 1 atom stereocenters. The molecule has 1 unspecified atom stereocenters. The van der Waals surface area contributed by atoms with Crippen LogP contribution in [0, 0.1) is 11.3 Å². The molecular weight excluding hydrogens is 595 g/mol. The van der Waals surface area contributed by atoms with Crippen LogP contribution < -0.4 is 4.72 Å². The summed E-state index contributed by atoms with van der Waals surface area (Å²) in [6, 6.07) is 2.16. The maximum atomic E-state index is 13.1. The van der Waals surface area contributed by atoms with E-state index < -0.39 is 33.6 Å². The number of fused-ring (bicyclic) bond motifs is 1. The van der Waals surface area contributed by atoms with Gasteiger partial charge in [0.05, 0.1) is 20.9 Å². The Morgan fingerprint density at radius 2 is 1.93 bits per heavy atom. The van der Waals surface area contributed by atoms with Gasteiger partial charge in [0.25, 0.3) is 5.89 Å². The predicted molar refractivity (Wildman–Crippen MR) is 148 cm³/mol. The molecule has 15 heteroatoms. The van der Waals surface area contributed by atoms with Crippen molar-refractivity contribution in [1.82, 2.24) is 24.9 Å². The van der Waals surface area contributed by atoms with Gasteiger partial charge in [-0.25, -0.2) is 13.4 Å². The molecule has 0 aliphatic heterocycles. The van der Waals surface area contributed by atoms with E-state index in [2.05, 4.69) is 15.2 Å². The molecule has 224 valence electrons. The zero-order chi connectivity index (χ0) is 30.4. The van der Waals surface area contributed by atoms with Crippen molar-refractivity contribution >= 4 is 38.1 Å². The minimum absolute atomic E-state index is 0.0249. The van der Waals surface area contributed by atoms with Crippen molar-refractivity contribution in [3.63, 3.8) is 0 Å². The topological polar surface area (TPSA) is 148 Å². The molecule has 0 radical (unpaired) electrons. The quantitative estimate of drug-likeness (QED) is 0.229. The van der Waals surface area contributed by atoms with Crippen LogP contribution in [0.1, 0.15) is 51.6 Å². The SMILES string of the molecule is CC(NS(=O)(=O)c1ccc(-c2sc(-c3nnc(CC(C)(C)C(=O)O)o3)nc2CC2CCC2)c2ccncc12)C(F)(F)F. The molecule has 1 aliphatic rings. The lowest BCUT2D eigenvalue weighted by Crippen LogP contribution is -2.43. The number of carbonyl (C=O) groups is 1. The lowest BCUT2D eigenvalue weighted by Gasteiger charge is -2.24. The summed E-state index contributed by atoms with van der Waals surface area (Å²) in [6.45, 7) is 3.85. The number of aliphatic carboxylic acids is 1. The Bertz CT molecular complexity index is 1750. The van der Waals surface area contributed by atoms with Gasteiger partial charge < -0.3 is 9.52 Å². The van der Waals surface area contributed by atoms with E-state index in [4.69, 9.17) is 9.40 Å². The zero-order valence-electron chi connectivity index (χ0n) is 22.9. The van der Waals surface area contributed by atoms with Crippen LogP contribution in [0.3, 0.4) is 0 Å². The number of nitrogens with zero attached hydrogens (tertiary/aromatic N) is 4. The maximum absolute atomic E-state index is 13.1. The first-order valence-corrected chi connectivity index (χ1v) is 15.5. The Balaban J connectivity index is 1.57. The Kier molecular flexibility index (Phi) is 7.87. The number of carboxylic acids is 1. The summed E-state index contributed by atoms with van der Waals surface area (Å²) in [5.41, 5.74) is 0.276. The number of halogens is 3. The van der Waals surface area contributed by atoms with Crippen molar-refractivity contribution in [2.45, 2.75) is 70.0 Å². The van der Waals surface area contributed by atoms with Gasteiger partial charge in [0.15, 0.2) is 5.01 Å². The van der Waals surface area contributed by atoms with Gasteiger partial charge in [-0.1, -0.05) is 25.3 Å². The molecule has 5 rings (SSSR count). The monoisotopic (exact) mass is 623 g/mol. The van der Waals surface area contributed by atoms with Crippen LogP contribution in [0.2, 0.25) is 0 Å².